The predicted molar refractivity (Wildman–Crippen MR) is 92.9 cm³/mol. The molecule has 0 amide bonds. The summed E-state index contributed by atoms with van der Waals surface area (Å²) < 4.78 is 5.38. The Morgan fingerprint density at radius 1 is 1.24 bits per heavy atom. The SMILES string of the molecule is O=C(O)CC(CCCC1CCCCC1)c1nc(-c2ccncc2)no1. The van der Waals surface area contributed by atoms with Crippen LogP contribution in [0, 0.1) is 5.92 Å². The highest BCUT2D eigenvalue weighted by Gasteiger charge is 2.23. The fourth-order valence-corrected chi connectivity index (χ4v) is 3.67. The van der Waals surface area contributed by atoms with E-state index < -0.39 is 5.97 Å². The van der Waals surface area contributed by atoms with Gasteiger partial charge in [-0.05, 0) is 24.5 Å². The van der Waals surface area contributed by atoms with E-state index in [2.05, 4.69) is 15.1 Å². The Morgan fingerprint density at radius 3 is 2.72 bits per heavy atom. The molecule has 1 saturated carbocycles. The van der Waals surface area contributed by atoms with E-state index in [9.17, 15) is 9.90 Å². The van der Waals surface area contributed by atoms with Crippen molar-refractivity contribution in [1.82, 2.24) is 15.1 Å². The van der Waals surface area contributed by atoms with Crippen LogP contribution in [-0.2, 0) is 4.79 Å². The number of aromatic nitrogens is 3. The lowest BCUT2D eigenvalue weighted by Crippen LogP contribution is -2.09. The highest BCUT2D eigenvalue weighted by molar-refractivity contribution is 5.67. The summed E-state index contributed by atoms with van der Waals surface area (Å²) in [5.74, 6) is 0.669. The molecule has 1 fully saturated rings. The molecule has 1 aliphatic carbocycles. The normalized spacial score (nSPS) is 16.6. The van der Waals surface area contributed by atoms with Gasteiger partial charge in [0.05, 0.1) is 6.42 Å². The minimum Gasteiger partial charge on any atom is -0.481 e. The lowest BCUT2D eigenvalue weighted by Gasteiger charge is -2.21. The minimum absolute atomic E-state index is 0.0304. The van der Waals surface area contributed by atoms with E-state index in [0.29, 0.717) is 11.7 Å². The van der Waals surface area contributed by atoms with Crippen molar-refractivity contribution in [3.8, 4) is 11.4 Å². The zero-order valence-corrected chi connectivity index (χ0v) is 14.4. The monoisotopic (exact) mass is 343 g/mol. The van der Waals surface area contributed by atoms with Crippen LogP contribution in [0.5, 0.6) is 0 Å². The van der Waals surface area contributed by atoms with E-state index in [1.54, 1.807) is 12.4 Å². The molecule has 134 valence electrons. The summed E-state index contributed by atoms with van der Waals surface area (Å²) in [5.41, 5.74) is 0.821. The van der Waals surface area contributed by atoms with Gasteiger partial charge in [-0.3, -0.25) is 9.78 Å². The first-order valence-electron chi connectivity index (χ1n) is 9.18. The van der Waals surface area contributed by atoms with Crippen molar-refractivity contribution in [3.63, 3.8) is 0 Å². The van der Waals surface area contributed by atoms with Crippen LogP contribution in [0.3, 0.4) is 0 Å². The molecule has 0 radical (unpaired) electrons. The van der Waals surface area contributed by atoms with E-state index in [1.807, 2.05) is 12.1 Å². The van der Waals surface area contributed by atoms with Gasteiger partial charge in [0.25, 0.3) is 0 Å². The molecule has 3 rings (SSSR count). The third-order valence-electron chi connectivity index (χ3n) is 5.04. The van der Waals surface area contributed by atoms with Gasteiger partial charge in [0.1, 0.15) is 0 Å². The summed E-state index contributed by atoms with van der Waals surface area (Å²) >= 11 is 0. The Balaban J connectivity index is 1.62. The van der Waals surface area contributed by atoms with Gasteiger partial charge in [-0.2, -0.15) is 4.98 Å². The largest absolute Gasteiger partial charge is 0.481 e. The second kappa shape index (κ2) is 8.74. The molecule has 25 heavy (non-hydrogen) atoms. The number of rotatable bonds is 8. The lowest BCUT2D eigenvalue weighted by molar-refractivity contribution is -0.137. The molecule has 2 heterocycles. The van der Waals surface area contributed by atoms with Crippen LogP contribution in [0.1, 0.15) is 69.6 Å². The molecule has 6 nitrogen and oxygen atoms in total. The topological polar surface area (TPSA) is 89.1 Å². The van der Waals surface area contributed by atoms with Crippen LogP contribution >= 0.6 is 0 Å². The number of aliphatic carboxylic acids is 1. The molecule has 2 aromatic rings. The molecule has 0 bridgehead atoms. The van der Waals surface area contributed by atoms with Crippen LogP contribution in [0.4, 0.5) is 0 Å². The lowest BCUT2D eigenvalue weighted by atomic mass is 9.84. The third kappa shape index (κ3) is 5.11. The van der Waals surface area contributed by atoms with Gasteiger partial charge in [-0.25, -0.2) is 0 Å². The van der Waals surface area contributed by atoms with E-state index in [0.717, 1.165) is 24.3 Å². The molecule has 1 atom stereocenters. The molecule has 0 saturated heterocycles. The summed E-state index contributed by atoms with van der Waals surface area (Å²) in [6, 6.07) is 3.62. The van der Waals surface area contributed by atoms with Crippen molar-refractivity contribution in [2.24, 2.45) is 5.92 Å². The maximum atomic E-state index is 11.2. The first-order valence-corrected chi connectivity index (χ1v) is 9.18. The fraction of sp³-hybridized carbons (Fsp3) is 0.579. The Kier molecular flexibility index (Phi) is 6.14. The highest BCUT2D eigenvalue weighted by Crippen LogP contribution is 2.31. The average molecular weight is 343 g/mol. The molecular weight excluding hydrogens is 318 g/mol. The number of carboxylic acid groups (broad SMARTS) is 1. The minimum atomic E-state index is -0.827. The zero-order chi connectivity index (χ0) is 17.5. The molecule has 0 aliphatic heterocycles. The zero-order valence-electron chi connectivity index (χ0n) is 14.4. The van der Waals surface area contributed by atoms with Crippen molar-refractivity contribution in [2.45, 2.75) is 63.7 Å². The van der Waals surface area contributed by atoms with Crippen molar-refractivity contribution in [3.05, 3.63) is 30.4 Å². The average Bonchev–Trinajstić information content (AvgIpc) is 3.12. The van der Waals surface area contributed by atoms with Gasteiger partial charge >= 0.3 is 5.97 Å². The van der Waals surface area contributed by atoms with E-state index >= 15 is 0 Å². The molecule has 0 aromatic carbocycles. The molecule has 1 N–H and O–H groups in total. The van der Waals surface area contributed by atoms with Gasteiger partial charge in [-0.15, -0.1) is 0 Å². The van der Waals surface area contributed by atoms with Crippen molar-refractivity contribution in [2.75, 3.05) is 0 Å². The van der Waals surface area contributed by atoms with Crippen molar-refractivity contribution < 1.29 is 14.4 Å². The van der Waals surface area contributed by atoms with Crippen LogP contribution in [0.15, 0.2) is 29.0 Å². The number of hydrogen-bond donors (Lipinski definition) is 1. The van der Waals surface area contributed by atoms with Crippen LogP contribution in [0.2, 0.25) is 0 Å². The number of carbonyl (C=O) groups is 1. The number of carboxylic acids is 1. The maximum Gasteiger partial charge on any atom is 0.304 e. The Morgan fingerprint density at radius 2 is 2.00 bits per heavy atom. The molecule has 2 aromatic heterocycles. The van der Waals surface area contributed by atoms with Crippen molar-refractivity contribution in [1.29, 1.82) is 0 Å². The summed E-state index contributed by atoms with van der Waals surface area (Å²) in [6.45, 7) is 0. The van der Waals surface area contributed by atoms with Crippen LogP contribution < -0.4 is 0 Å². The highest BCUT2D eigenvalue weighted by atomic mass is 16.5. The maximum absolute atomic E-state index is 11.2. The third-order valence-corrected chi connectivity index (χ3v) is 5.04. The summed E-state index contributed by atoms with van der Waals surface area (Å²) in [5, 5.41) is 13.2. The molecule has 6 heteroatoms. The Hall–Kier alpha value is -2.24. The summed E-state index contributed by atoms with van der Waals surface area (Å²) in [6.07, 6.45) is 13.0. The number of nitrogens with zero attached hydrogens (tertiary/aromatic N) is 3. The van der Waals surface area contributed by atoms with Gasteiger partial charge in [0.2, 0.25) is 11.7 Å². The fourth-order valence-electron chi connectivity index (χ4n) is 3.67. The molecule has 1 aliphatic rings. The van der Waals surface area contributed by atoms with Crippen LogP contribution in [0.25, 0.3) is 11.4 Å². The first kappa shape index (κ1) is 17.6. The second-order valence-electron chi connectivity index (χ2n) is 6.92. The van der Waals surface area contributed by atoms with E-state index in [1.165, 1.54) is 38.5 Å². The van der Waals surface area contributed by atoms with E-state index in [4.69, 9.17) is 4.52 Å². The van der Waals surface area contributed by atoms with Crippen LogP contribution in [-0.4, -0.2) is 26.2 Å². The summed E-state index contributed by atoms with van der Waals surface area (Å²) in [7, 11) is 0. The van der Waals surface area contributed by atoms with Gasteiger partial charge in [0, 0.05) is 23.9 Å². The standard InChI is InChI=1S/C19H25N3O3/c23-17(24)13-16(8-4-7-14-5-2-1-3-6-14)19-21-18(22-25-19)15-9-11-20-12-10-15/h9-12,14,16H,1-8,13H2,(H,23,24). The van der Waals surface area contributed by atoms with Crippen molar-refractivity contribution >= 4 is 5.97 Å². The number of hydrogen-bond acceptors (Lipinski definition) is 5. The smallest absolute Gasteiger partial charge is 0.304 e. The van der Waals surface area contributed by atoms with E-state index in [-0.39, 0.29) is 12.3 Å². The van der Waals surface area contributed by atoms with Gasteiger partial charge < -0.3 is 9.63 Å². The van der Waals surface area contributed by atoms with Gasteiger partial charge in [-0.1, -0.05) is 50.1 Å². The quantitative estimate of drug-likeness (QED) is 0.762. The molecule has 0 spiro atoms. The summed E-state index contributed by atoms with van der Waals surface area (Å²) in [4.78, 5) is 19.6. The Bertz CT molecular complexity index is 666. The first-order chi connectivity index (χ1) is 12.2. The Labute approximate surface area is 147 Å². The molecular formula is C19H25N3O3. The number of pyridine rings is 1. The van der Waals surface area contributed by atoms with Gasteiger partial charge in [0.15, 0.2) is 0 Å². The second-order valence-corrected chi connectivity index (χ2v) is 6.92. The molecule has 1 unspecified atom stereocenters. The predicted octanol–water partition coefficient (Wildman–Crippen LogP) is 4.44.